The Morgan fingerprint density at radius 3 is 2.63 bits per heavy atom. The second kappa shape index (κ2) is 7.04. The highest BCUT2D eigenvalue weighted by Crippen LogP contribution is 2.20. The van der Waals surface area contributed by atoms with Gasteiger partial charge in [0.25, 0.3) is 5.91 Å². The van der Waals surface area contributed by atoms with Gasteiger partial charge in [0.1, 0.15) is 0 Å². The molecule has 19 heavy (non-hydrogen) atoms. The first-order valence-corrected chi connectivity index (χ1v) is 7.96. The summed E-state index contributed by atoms with van der Waals surface area (Å²) in [4.78, 5) is 14.3. The van der Waals surface area contributed by atoms with Crippen LogP contribution in [0.25, 0.3) is 0 Å². The van der Waals surface area contributed by atoms with Gasteiger partial charge < -0.3 is 10.2 Å². The molecule has 1 N–H and O–H groups in total. The first-order chi connectivity index (χ1) is 8.71. The van der Waals surface area contributed by atoms with Crippen LogP contribution in [0.1, 0.15) is 24.2 Å². The summed E-state index contributed by atoms with van der Waals surface area (Å²) in [6, 6.07) is 5.76. The molecule has 0 aliphatic rings. The lowest BCUT2D eigenvalue weighted by molar-refractivity contribution is 0.0928. The fraction of sp³-hybridized carbons (Fsp3) is 0.500. The highest BCUT2D eigenvalue weighted by molar-refractivity contribution is 14.1. The van der Waals surface area contributed by atoms with Gasteiger partial charge >= 0.3 is 0 Å². The fourth-order valence-corrected chi connectivity index (χ4v) is 2.92. The van der Waals surface area contributed by atoms with Crippen molar-refractivity contribution in [2.75, 3.05) is 27.2 Å². The van der Waals surface area contributed by atoms with E-state index in [2.05, 4.69) is 62.6 Å². The van der Waals surface area contributed by atoms with Gasteiger partial charge in [-0.05, 0) is 76.2 Å². The molecule has 0 aromatic heterocycles. The van der Waals surface area contributed by atoms with Gasteiger partial charge in [0.15, 0.2) is 0 Å². The number of amides is 1. The van der Waals surface area contributed by atoms with Crippen LogP contribution in [0.4, 0.5) is 0 Å². The smallest absolute Gasteiger partial charge is 0.252 e. The minimum atomic E-state index is -0.0303. The van der Waals surface area contributed by atoms with Crippen LogP contribution in [0, 0.1) is 8.99 Å². The zero-order valence-electron chi connectivity index (χ0n) is 11.8. The lowest BCUT2D eigenvalue weighted by atomic mass is 9.93. The molecule has 0 unspecified atom stereocenters. The Bertz CT molecular complexity index is 461. The molecule has 0 fully saturated rings. The molecule has 5 heteroatoms. The highest BCUT2D eigenvalue weighted by Gasteiger charge is 2.20. The van der Waals surface area contributed by atoms with E-state index in [-0.39, 0.29) is 11.3 Å². The van der Waals surface area contributed by atoms with E-state index >= 15 is 0 Å². The number of rotatable bonds is 5. The molecule has 1 aromatic carbocycles. The molecule has 0 saturated heterocycles. The van der Waals surface area contributed by atoms with Gasteiger partial charge in [0.2, 0.25) is 0 Å². The van der Waals surface area contributed by atoms with Crippen molar-refractivity contribution < 1.29 is 4.79 Å². The van der Waals surface area contributed by atoms with E-state index in [1.807, 2.05) is 32.3 Å². The second-order valence-electron chi connectivity index (χ2n) is 5.71. The number of carbonyl (C=O) groups excluding carboxylic acids is 1. The number of hydrogen-bond acceptors (Lipinski definition) is 2. The third-order valence-electron chi connectivity index (χ3n) is 2.64. The van der Waals surface area contributed by atoms with Crippen LogP contribution in [0.3, 0.4) is 0 Å². The molecule has 0 radical (unpaired) electrons. The van der Waals surface area contributed by atoms with E-state index in [4.69, 9.17) is 0 Å². The number of hydrogen-bond donors (Lipinski definition) is 1. The van der Waals surface area contributed by atoms with Crippen molar-refractivity contribution >= 4 is 44.4 Å². The summed E-state index contributed by atoms with van der Waals surface area (Å²) >= 11 is 5.63. The van der Waals surface area contributed by atoms with Crippen molar-refractivity contribution in [3.8, 4) is 0 Å². The molecule has 1 aromatic rings. The third-order valence-corrected chi connectivity index (χ3v) is 4.01. The molecule has 3 nitrogen and oxygen atoms in total. The Hall–Kier alpha value is -0.140. The van der Waals surface area contributed by atoms with Crippen LogP contribution >= 0.6 is 38.5 Å². The van der Waals surface area contributed by atoms with E-state index < -0.39 is 0 Å². The molecule has 0 saturated carbocycles. The molecule has 0 bridgehead atoms. The molecule has 106 valence electrons. The lowest BCUT2D eigenvalue weighted by Crippen LogP contribution is -2.40. The van der Waals surface area contributed by atoms with Gasteiger partial charge in [-0.2, -0.15) is 0 Å². The monoisotopic (exact) mass is 438 g/mol. The molecular formula is C14H20BrIN2O. The number of carbonyl (C=O) groups is 1. The van der Waals surface area contributed by atoms with Crippen LogP contribution in [-0.4, -0.2) is 38.0 Å². The summed E-state index contributed by atoms with van der Waals surface area (Å²) in [6.45, 7) is 5.89. The van der Waals surface area contributed by atoms with Gasteiger partial charge in [-0.25, -0.2) is 0 Å². The van der Waals surface area contributed by atoms with Gasteiger partial charge in [-0.1, -0.05) is 13.8 Å². The van der Waals surface area contributed by atoms with E-state index in [0.29, 0.717) is 12.1 Å². The quantitative estimate of drug-likeness (QED) is 0.714. The standard InChI is InChI=1S/C14H20BrIN2O/c1-14(2,9-18(3)4)8-17-13(19)11-7-10(16)5-6-12(11)15/h5-7H,8-9H2,1-4H3,(H,17,19). The van der Waals surface area contributed by atoms with Crippen LogP contribution in [0.5, 0.6) is 0 Å². The fourth-order valence-electron chi connectivity index (χ4n) is 2.00. The topological polar surface area (TPSA) is 32.3 Å². The number of nitrogens with one attached hydrogen (secondary N) is 1. The van der Waals surface area contributed by atoms with Gasteiger partial charge in [-0.15, -0.1) is 0 Å². The van der Waals surface area contributed by atoms with Crippen LogP contribution in [0.15, 0.2) is 22.7 Å². The molecule has 1 amide bonds. The Labute approximate surface area is 137 Å². The lowest BCUT2D eigenvalue weighted by Gasteiger charge is -2.28. The minimum absolute atomic E-state index is 0.0303. The normalized spacial score (nSPS) is 11.7. The van der Waals surface area contributed by atoms with Gasteiger partial charge in [0, 0.05) is 21.1 Å². The Morgan fingerprint density at radius 2 is 2.05 bits per heavy atom. The molecule has 0 heterocycles. The van der Waals surface area contributed by atoms with Crippen LogP contribution in [0.2, 0.25) is 0 Å². The third kappa shape index (κ3) is 5.79. The van der Waals surface area contributed by atoms with Crippen molar-refractivity contribution in [3.63, 3.8) is 0 Å². The average Bonchev–Trinajstić information content (AvgIpc) is 2.27. The van der Waals surface area contributed by atoms with E-state index in [9.17, 15) is 4.79 Å². The number of benzene rings is 1. The van der Waals surface area contributed by atoms with Crippen molar-refractivity contribution in [2.24, 2.45) is 5.41 Å². The zero-order valence-corrected chi connectivity index (χ0v) is 15.5. The Morgan fingerprint density at radius 1 is 1.42 bits per heavy atom. The van der Waals surface area contributed by atoms with Crippen LogP contribution < -0.4 is 5.32 Å². The Balaban J connectivity index is 2.68. The summed E-state index contributed by atoms with van der Waals surface area (Å²) in [5, 5.41) is 3.01. The van der Waals surface area contributed by atoms with Crippen molar-refractivity contribution in [1.82, 2.24) is 10.2 Å². The largest absolute Gasteiger partial charge is 0.351 e. The molecule has 0 aliphatic carbocycles. The van der Waals surface area contributed by atoms with Gasteiger partial charge in [0.05, 0.1) is 5.56 Å². The average molecular weight is 439 g/mol. The summed E-state index contributed by atoms with van der Waals surface area (Å²) in [7, 11) is 4.08. The summed E-state index contributed by atoms with van der Waals surface area (Å²) in [5.41, 5.74) is 0.737. The van der Waals surface area contributed by atoms with E-state index in [1.165, 1.54) is 0 Å². The van der Waals surface area contributed by atoms with Crippen molar-refractivity contribution in [3.05, 3.63) is 31.8 Å². The maximum absolute atomic E-state index is 12.2. The summed E-state index contributed by atoms with van der Waals surface area (Å²) in [5.74, 6) is -0.0303. The van der Waals surface area contributed by atoms with Crippen molar-refractivity contribution in [2.45, 2.75) is 13.8 Å². The van der Waals surface area contributed by atoms with E-state index in [0.717, 1.165) is 14.6 Å². The highest BCUT2D eigenvalue weighted by atomic mass is 127. The van der Waals surface area contributed by atoms with Crippen LogP contribution in [-0.2, 0) is 0 Å². The molecule has 1 rings (SSSR count). The maximum atomic E-state index is 12.2. The molecule has 0 atom stereocenters. The summed E-state index contributed by atoms with van der Waals surface area (Å²) < 4.78 is 1.88. The first kappa shape index (κ1) is 16.9. The maximum Gasteiger partial charge on any atom is 0.252 e. The van der Waals surface area contributed by atoms with Gasteiger partial charge in [-0.3, -0.25) is 4.79 Å². The van der Waals surface area contributed by atoms with E-state index in [1.54, 1.807) is 0 Å². The molecular weight excluding hydrogens is 419 g/mol. The van der Waals surface area contributed by atoms with Crippen molar-refractivity contribution in [1.29, 1.82) is 0 Å². The first-order valence-electron chi connectivity index (χ1n) is 6.09. The SMILES string of the molecule is CN(C)CC(C)(C)CNC(=O)c1cc(I)ccc1Br. The number of nitrogens with zero attached hydrogens (tertiary/aromatic N) is 1. The zero-order chi connectivity index (χ0) is 14.6. The Kier molecular flexibility index (Phi) is 6.26. The predicted octanol–water partition coefficient (Wildman–Crippen LogP) is 3.37. The molecule has 0 spiro atoms. The second-order valence-corrected chi connectivity index (χ2v) is 7.81. The predicted molar refractivity (Wildman–Crippen MR) is 91.5 cm³/mol. The molecule has 0 aliphatic heterocycles. The summed E-state index contributed by atoms with van der Waals surface area (Å²) in [6.07, 6.45) is 0. The minimum Gasteiger partial charge on any atom is -0.351 e. The number of halogens is 2.